The van der Waals surface area contributed by atoms with Crippen molar-refractivity contribution in [3.63, 3.8) is 0 Å². The summed E-state index contributed by atoms with van der Waals surface area (Å²) >= 11 is -3.28. The van der Waals surface area contributed by atoms with E-state index in [2.05, 4.69) is 0 Å². The van der Waals surface area contributed by atoms with Gasteiger partial charge >= 0.3 is 49.6 Å². The van der Waals surface area contributed by atoms with Crippen LogP contribution in [0, 0.1) is 0 Å². The molecule has 0 unspecified atom stereocenters. The molecule has 0 aliphatic heterocycles. The van der Waals surface area contributed by atoms with E-state index in [1.807, 2.05) is 0 Å². The van der Waals surface area contributed by atoms with Gasteiger partial charge in [0.15, 0.2) is 0 Å². The first kappa shape index (κ1) is 13.4. The number of halogens is 4. The van der Waals surface area contributed by atoms with Crippen LogP contribution in [0.4, 0.5) is 0 Å². The van der Waals surface area contributed by atoms with Crippen LogP contribution in [-0.4, -0.2) is 11.2 Å². The van der Waals surface area contributed by atoms with Crippen LogP contribution in [0.25, 0.3) is 0 Å². The summed E-state index contributed by atoms with van der Waals surface area (Å²) in [7, 11) is 20.1. The summed E-state index contributed by atoms with van der Waals surface area (Å²) in [6.07, 6.45) is -0.167. The molecule has 9 heavy (non-hydrogen) atoms. The van der Waals surface area contributed by atoms with Crippen LogP contribution in [0.15, 0.2) is 0 Å². The molecule has 0 aliphatic carbocycles. The van der Waals surface area contributed by atoms with E-state index in [-0.39, 0.29) is 6.10 Å². The van der Waals surface area contributed by atoms with Gasteiger partial charge < -0.3 is 5.11 Å². The van der Waals surface area contributed by atoms with Crippen molar-refractivity contribution in [1.82, 2.24) is 0 Å². The molecule has 0 heterocycles. The molecule has 0 rings (SSSR count). The third-order valence-corrected chi connectivity index (χ3v) is 0. The van der Waals surface area contributed by atoms with Crippen molar-refractivity contribution in [1.29, 1.82) is 0 Å². The fraction of sp³-hybridized carbons (Fsp3) is 1.00. The Kier molecular flexibility index (Phi) is 9.70. The molecule has 0 bridgehead atoms. The van der Waals surface area contributed by atoms with Crippen molar-refractivity contribution in [2.75, 3.05) is 0 Å². The van der Waals surface area contributed by atoms with E-state index in [9.17, 15) is 0 Å². The average molecular weight is 386 g/mol. The standard InChI is InChI=1S/C3H8O.4ClH.W/c1-3(2)4;;;;;/h3-4H,1-2H3;4*1H;/q;;;;;+4/p-4. The van der Waals surface area contributed by atoms with Crippen LogP contribution in [0.1, 0.15) is 13.8 Å². The number of hydrogen-bond acceptors (Lipinski definition) is 1. The van der Waals surface area contributed by atoms with E-state index in [0.29, 0.717) is 0 Å². The zero-order valence-electron chi connectivity index (χ0n) is 4.94. The van der Waals surface area contributed by atoms with Crippen LogP contribution in [-0.2, 0) is 11.9 Å². The summed E-state index contributed by atoms with van der Waals surface area (Å²) in [6.45, 7) is 3.44. The van der Waals surface area contributed by atoms with Gasteiger partial charge in [0.1, 0.15) is 0 Å². The Bertz CT molecular complexity index is 52.6. The van der Waals surface area contributed by atoms with E-state index in [0.717, 1.165) is 0 Å². The van der Waals surface area contributed by atoms with Gasteiger partial charge in [-0.05, 0) is 13.8 Å². The second-order valence-corrected chi connectivity index (χ2v) is 26.9. The summed E-state index contributed by atoms with van der Waals surface area (Å²) in [6, 6.07) is 0. The average Bonchev–Trinajstić information content (AvgIpc) is 1.19. The Hall–Kier alpha value is 1.81. The number of aliphatic hydroxyl groups is 1. The molecule has 0 spiro atoms. The maximum atomic E-state index is 8.06. The van der Waals surface area contributed by atoms with Crippen LogP contribution >= 0.6 is 37.7 Å². The van der Waals surface area contributed by atoms with Gasteiger partial charge in [0.05, 0.1) is 0 Å². The predicted molar refractivity (Wildman–Crippen MR) is 40.8 cm³/mol. The molecule has 0 amide bonds. The van der Waals surface area contributed by atoms with Gasteiger partial charge in [-0.1, -0.05) is 0 Å². The van der Waals surface area contributed by atoms with Crippen molar-refractivity contribution < 1.29 is 17.0 Å². The Balaban J connectivity index is 0. The van der Waals surface area contributed by atoms with E-state index in [1.54, 1.807) is 13.8 Å². The fourth-order valence-corrected chi connectivity index (χ4v) is 0. The number of aliphatic hydroxyl groups excluding tert-OH is 1. The number of hydrogen-bond donors (Lipinski definition) is 1. The second-order valence-electron chi connectivity index (χ2n) is 1.44. The quantitative estimate of drug-likeness (QED) is 0.679. The fourth-order valence-electron chi connectivity index (χ4n) is 0. The van der Waals surface area contributed by atoms with E-state index in [4.69, 9.17) is 42.8 Å². The van der Waals surface area contributed by atoms with Crippen LogP contribution in [0.5, 0.6) is 0 Å². The molecule has 0 radical (unpaired) electrons. The van der Waals surface area contributed by atoms with Crippen molar-refractivity contribution >= 4 is 37.7 Å². The molecule has 0 aliphatic rings. The topological polar surface area (TPSA) is 20.2 Å². The van der Waals surface area contributed by atoms with Gasteiger partial charge in [-0.25, -0.2) is 0 Å². The first-order valence-corrected chi connectivity index (χ1v) is 16.6. The Morgan fingerprint density at radius 1 is 1.11 bits per heavy atom. The molecule has 0 aromatic heterocycles. The molecule has 0 aromatic rings. The van der Waals surface area contributed by atoms with Gasteiger partial charge in [0.25, 0.3) is 0 Å². The van der Waals surface area contributed by atoms with Gasteiger partial charge in [-0.2, -0.15) is 0 Å². The van der Waals surface area contributed by atoms with Gasteiger partial charge in [-0.15, -0.1) is 0 Å². The molecular formula is C3H8Cl4OW. The van der Waals surface area contributed by atoms with Crippen LogP contribution in [0.2, 0.25) is 0 Å². The molecule has 60 valence electrons. The van der Waals surface area contributed by atoms with Crippen LogP contribution < -0.4 is 0 Å². The first-order valence-electron chi connectivity index (χ1n) is 2.03. The third kappa shape index (κ3) is 183. The van der Waals surface area contributed by atoms with Gasteiger partial charge in [0.2, 0.25) is 0 Å². The molecule has 6 heteroatoms. The van der Waals surface area contributed by atoms with Crippen molar-refractivity contribution in [3.05, 3.63) is 0 Å². The van der Waals surface area contributed by atoms with Gasteiger partial charge in [-0.3, -0.25) is 0 Å². The number of rotatable bonds is 0. The van der Waals surface area contributed by atoms with Crippen molar-refractivity contribution in [2.45, 2.75) is 20.0 Å². The van der Waals surface area contributed by atoms with Crippen molar-refractivity contribution in [2.24, 2.45) is 0 Å². The molecule has 0 aromatic carbocycles. The third-order valence-electron chi connectivity index (χ3n) is 0. The predicted octanol–water partition coefficient (Wildman–Crippen LogP) is 3.14. The summed E-state index contributed by atoms with van der Waals surface area (Å²) in [5.41, 5.74) is 0. The Labute approximate surface area is 74.1 Å². The molecule has 0 atom stereocenters. The zero-order chi connectivity index (χ0) is 8.08. The molecular weight excluding hydrogens is 378 g/mol. The zero-order valence-corrected chi connectivity index (χ0v) is 10.9. The van der Waals surface area contributed by atoms with E-state index in [1.165, 1.54) is 0 Å². The van der Waals surface area contributed by atoms with Gasteiger partial charge in [0, 0.05) is 6.10 Å². The van der Waals surface area contributed by atoms with E-state index >= 15 is 0 Å². The minimum atomic E-state index is -3.28. The minimum absolute atomic E-state index is 0.167. The summed E-state index contributed by atoms with van der Waals surface area (Å²) in [5, 5.41) is 8.06. The van der Waals surface area contributed by atoms with Crippen LogP contribution in [0.3, 0.4) is 0 Å². The monoisotopic (exact) mass is 384 g/mol. The summed E-state index contributed by atoms with van der Waals surface area (Å²) in [4.78, 5) is 0. The Morgan fingerprint density at radius 3 is 1.11 bits per heavy atom. The summed E-state index contributed by atoms with van der Waals surface area (Å²) < 4.78 is 0. The second kappa shape index (κ2) is 6.51. The molecule has 0 fully saturated rings. The molecule has 1 N–H and O–H groups in total. The summed E-state index contributed by atoms with van der Waals surface area (Å²) in [5.74, 6) is 0. The Morgan fingerprint density at radius 2 is 1.11 bits per heavy atom. The van der Waals surface area contributed by atoms with Crippen molar-refractivity contribution in [3.8, 4) is 0 Å². The SMILES string of the molecule is CC(C)O.[Cl][W]([Cl])([Cl])[Cl]. The molecule has 1 nitrogen and oxygen atoms in total. The molecule has 0 saturated heterocycles. The normalized spacial score (nSPS) is 12.4. The first-order chi connectivity index (χ1) is 3.73. The maximum absolute atomic E-state index is 8.06. The molecule has 0 saturated carbocycles. The van der Waals surface area contributed by atoms with E-state index < -0.39 is 11.9 Å².